The summed E-state index contributed by atoms with van der Waals surface area (Å²) in [7, 11) is 0. The molecule has 3 unspecified atom stereocenters. The van der Waals surface area contributed by atoms with Gasteiger partial charge in [-0.05, 0) is 60.8 Å². The number of aromatic hydroxyl groups is 1. The molecule has 3 aromatic rings. The van der Waals surface area contributed by atoms with Crippen molar-refractivity contribution in [2.24, 2.45) is 23.3 Å². The third kappa shape index (κ3) is 18.7. The van der Waals surface area contributed by atoms with Crippen LogP contribution in [0.2, 0.25) is 0 Å². The van der Waals surface area contributed by atoms with E-state index in [1.54, 1.807) is 58.0 Å². The first-order chi connectivity index (χ1) is 35.6. The fraction of sp³-hybridized carbons (Fsp3) is 0.500. The van der Waals surface area contributed by atoms with Crippen LogP contribution in [0.25, 0.3) is 0 Å². The summed E-state index contributed by atoms with van der Waals surface area (Å²) in [5, 5.41) is 55.1. The van der Waals surface area contributed by atoms with E-state index >= 15 is 0 Å². The Hall–Kier alpha value is -8.09. The number of H-pyrrole nitrogens is 1. The zero-order chi connectivity index (χ0) is 55.4. The number of carbonyl (C=O) groups is 9. The molecule has 0 spiro atoms. The van der Waals surface area contributed by atoms with Gasteiger partial charge in [0.15, 0.2) is 5.96 Å². The van der Waals surface area contributed by atoms with Gasteiger partial charge >= 0.3 is 11.9 Å². The van der Waals surface area contributed by atoms with Crippen LogP contribution < -0.4 is 48.7 Å². The van der Waals surface area contributed by atoms with Gasteiger partial charge < -0.3 is 73.9 Å². The number of guanidine groups is 1. The number of carboxylic acid groups (broad SMARTS) is 2. The molecule has 0 saturated carbocycles. The van der Waals surface area contributed by atoms with E-state index in [0.29, 0.717) is 29.7 Å². The third-order valence-corrected chi connectivity index (χ3v) is 12.7. The summed E-state index contributed by atoms with van der Waals surface area (Å²) in [4.78, 5) is 130. The zero-order valence-electron chi connectivity index (χ0n) is 42.5. The first-order valence-electron chi connectivity index (χ1n) is 24.8. The Labute approximate surface area is 434 Å². The van der Waals surface area contributed by atoms with E-state index in [1.807, 2.05) is 0 Å². The van der Waals surface area contributed by atoms with Crippen molar-refractivity contribution >= 4 is 59.2 Å². The summed E-state index contributed by atoms with van der Waals surface area (Å²) in [5.41, 5.74) is 12.8. The highest BCUT2D eigenvalue weighted by Crippen LogP contribution is 2.21. The second-order valence-corrected chi connectivity index (χ2v) is 18.9. The van der Waals surface area contributed by atoms with Crippen molar-refractivity contribution in [3.8, 4) is 5.75 Å². The lowest BCUT2D eigenvalue weighted by Crippen LogP contribution is -2.62. The molecule has 1 aliphatic heterocycles. The zero-order valence-corrected chi connectivity index (χ0v) is 42.5. The standard InChI is InChI=1S/C50H71N13O12/c1-5-28(4)41(47(72)59-36(23-31-25-54-26-56-31)48(73)63-20-10-14-38(63)45(70)60-37(49(74)75)22-29-11-7-6-8-12-29)62-44(69)35(21-30-15-17-32(64)18-16-30)58-46(71)40(27(2)3)61-43(68)34(13-9-19-55-50(52)53)57-42(67)33(51)24-39(65)66/h6-8,11-12,15-18,25-28,33-38,40-41,64H,5,9-10,13-14,19-24,51H2,1-4H3,(H,54,56)(H,57,67)(H,58,71)(H,59,72)(H,60,70)(H,61,68)(H,62,69)(H,65,66)(H,74,75)(H4,52,53,55)/t28?,33-,34+,35+,36+,37?,38?,40-,41-/m1/s1. The Balaban J connectivity index is 1.59. The van der Waals surface area contributed by atoms with Gasteiger partial charge in [0.05, 0.1) is 18.8 Å². The Kier molecular flexibility index (Phi) is 23.0. The van der Waals surface area contributed by atoms with E-state index in [2.05, 4.69) is 47.2 Å². The molecule has 75 heavy (non-hydrogen) atoms. The minimum absolute atomic E-state index is 0.00272. The molecule has 25 nitrogen and oxygen atoms in total. The van der Waals surface area contributed by atoms with E-state index < -0.39 is 120 Å². The number of carboxylic acids is 2. The van der Waals surface area contributed by atoms with Crippen LogP contribution in [0.4, 0.5) is 0 Å². The van der Waals surface area contributed by atoms with Gasteiger partial charge in [0.1, 0.15) is 48.0 Å². The van der Waals surface area contributed by atoms with Crippen LogP contribution in [-0.2, 0) is 62.4 Å². The average molecular weight is 1050 g/mol. The molecule has 1 fully saturated rings. The minimum Gasteiger partial charge on any atom is -0.508 e. The Morgan fingerprint density at radius 2 is 1.36 bits per heavy atom. The molecule has 0 aliphatic carbocycles. The Morgan fingerprint density at radius 3 is 1.96 bits per heavy atom. The highest BCUT2D eigenvalue weighted by atomic mass is 16.4. The smallest absolute Gasteiger partial charge is 0.326 e. The monoisotopic (exact) mass is 1050 g/mol. The highest BCUT2D eigenvalue weighted by Gasteiger charge is 2.41. The number of imidazole rings is 1. The highest BCUT2D eigenvalue weighted by molar-refractivity contribution is 5.98. The van der Waals surface area contributed by atoms with Crippen molar-refractivity contribution in [2.75, 3.05) is 13.1 Å². The molecule has 16 N–H and O–H groups in total. The van der Waals surface area contributed by atoms with Crippen molar-refractivity contribution in [3.63, 3.8) is 0 Å². The second-order valence-electron chi connectivity index (χ2n) is 18.9. The van der Waals surface area contributed by atoms with Crippen LogP contribution in [0.5, 0.6) is 5.75 Å². The number of rotatable bonds is 29. The molecule has 0 bridgehead atoms. The van der Waals surface area contributed by atoms with Crippen LogP contribution in [0.1, 0.15) is 83.0 Å². The van der Waals surface area contributed by atoms with Crippen molar-refractivity contribution in [1.82, 2.24) is 52.1 Å². The SMILES string of the molecule is CCC(C)[C@@H](NC(=O)[C@H](Cc1ccc(O)cc1)NC(=O)[C@H](NC(=O)[C@H](CCCNC(=N)N)NC(=O)[C@H](N)CC(=O)O)C(C)C)C(=O)N[C@@H](Cc1cnc[nH]1)C(=O)N1CCCC1C(=O)NC(Cc1ccccc1)C(=O)O. The number of nitrogens with zero attached hydrogens (tertiary/aromatic N) is 2. The molecule has 7 amide bonds. The van der Waals surface area contributed by atoms with E-state index in [0.717, 1.165) is 0 Å². The summed E-state index contributed by atoms with van der Waals surface area (Å²) in [6.45, 7) is 6.96. The van der Waals surface area contributed by atoms with E-state index in [9.17, 15) is 53.4 Å². The van der Waals surface area contributed by atoms with E-state index in [4.69, 9.17) is 22.0 Å². The number of benzene rings is 2. The maximum Gasteiger partial charge on any atom is 0.326 e. The lowest BCUT2D eigenvalue weighted by atomic mass is 9.96. The first kappa shape index (κ1) is 59.5. The number of aliphatic carboxylic acids is 2. The van der Waals surface area contributed by atoms with E-state index in [-0.39, 0.29) is 63.3 Å². The van der Waals surface area contributed by atoms with Crippen molar-refractivity contribution in [1.29, 1.82) is 5.41 Å². The van der Waals surface area contributed by atoms with Crippen molar-refractivity contribution in [2.45, 2.75) is 134 Å². The summed E-state index contributed by atoms with van der Waals surface area (Å²) in [5.74, 6) is -9.79. The number of phenolic OH excluding ortho intramolecular Hbond substituents is 1. The number of hydrogen-bond acceptors (Lipinski definition) is 13. The predicted octanol–water partition coefficient (Wildman–Crippen LogP) is -1.11. The van der Waals surface area contributed by atoms with Gasteiger partial charge in [0.2, 0.25) is 41.4 Å². The summed E-state index contributed by atoms with van der Waals surface area (Å²) >= 11 is 0. The normalized spacial score (nSPS) is 16.3. The summed E-state index contributed by atoms with van der Waals surface area (Å²) in [6.07, 6.45) is 2.93. The van der Waals surface area contributed by atoms with Crippen LogP contribution in [0.3, 0.4) is 0 Å². The van der Waals surface area contributed by atoms with Crippen LogP contribution >= 0.6 is 0 Å². The Bertz CT molecular complexity index is 2440. The average Bonchev–Trinajstić information content (AvgIpc) is 4.08. The number of hydrogen-bond donors (Lipinski definition) is 14. The van der Waals surface area contributed by atoms with Gasteiger partial charge in [-0.1, -0.05) is 76.6 Å². The van der Waals surface area contributed by atoms with Gasteiger partial charge in [0, 0.05) is 44.2 Å². The molecule has 0 radical (unpaired) electrons. The number of likely N-dealkylation sites (tertiary alicyclic amines) is 1. The van der Waals surface area contributed by atoms with Gasteiger partial charge in [0.25, 0.3) is 0 Å². The molecular weight excluding hydrogens is 975 g/mol. The van der Waals surface area contributed by atoms with Gasteiger partial charge in [-0.3, -0.25) is 43.8 Å². The fourth-order valence-electron chi connectivity index (χ4n) is 8.34. The molecule has 9 atom stereocenters. The number of nitrogens with two attached hydrogens (primary N) is 2. The Morgan fingerprint density at radius 1 is 0.760 bits per heavy atom. The van der Waals surface area contributed by atoms with Crippen LogP contribution in [-0.4, -0.2) is 151 Å². The topological polar surface area (TPSA) is 406 Å². The lowest BCUT2D eigenvalue weighted by Gasteiger charge is -2.32. The molecule has 25 heteroatoms. The van der Waals surface area contributed by atoms with Crippen molar-refractivity contribution < 1.29 is 58.5 Å². The predicted molar refractivity (Wildman–Crippen MR) is 272 cm³/mol. The van der Waals surface area contributed by atoms with E-state index in [1.165, 1.54) is 41.7 Å². The molecule has 2 heterocycles. The summed E-state index contributed by atoms with van der Waals surface area (Å²) < 4.78 is 0. The van der Waals surface area contributed by atoms with Crippen LogP contribution in [0.15, 0.2) is 67.1 Å². The quantitative estimate of drug-likeness (QED) is 0.0223. The fourth-order valence-corrected chi connectivity index (χ4v) is 8.34. The number of aromatic nitrogens is 2. The molecule has 2 aromatic carbocycles. The number of carbonyl (C=O) groups excluding carboxylic acids is 7. The van der Waals surface area contributed by atoms with Gasteiger partial charge in [-0.25, -0.2) is 9.78 Å². The molecule has 1 saturated heterocycles. The molecule has 1 aromatic heterocycles. The summed E-state index contributed by atoms with van der Waals surface area (Å²) in [6, 6.07) is 3.94. The van der Waals surface area contributed by atoms with Gasteiger partial charge in [-0.15, -0.1) is 0 Å². The minimum atomic E-state index is -1.51. The molecule has 4 rings (SSSR count). The third-order valence-electron chi connectivity index (χ3n) is 12.7. The lowest BCUT2D eigenvalue weighted by molar-refractivity contribution is -0.145. The molecule has 1 aliphatic rings. The maximum absolute atomic E-state index is 14.6. The first-order valence-corrected chi connectivity index (χ1v) is 24.8. The maximum atomic E-state index is 14.6. The van der Waals surface area contributed by atoms with Crippen LogP contribution in [0, 0.1) is 17.2 Å². The number of amides is 7. The number of phenols is 1. The largest absolute Gasteiger partial charge is 0.508 e. The molecular formula is C50H71N13O12. The number of nitrogens with one attached hydrogen (secondary N) is 9. The second kappa shape index (κ2) is 29.0. The van der Waals surface area contributed by atoms with Gasteiger partial charge in [-0.2, -0.15) is 0 Å². The molecule has 408 valence electrons. The number of aromatic amines is 1. The van der Waals surface area contributed by atoms with Crippen molar-refractivity contribution in [3.05, 3.63) is 83.9 Å².